The van der Waals surface area contributed by atoms with E-state index in [1.807, 2.05) is 54.6 Å². The van der Waals surface area contributed by atoms with Crippen LogP contribution in [0.4, 0.5) is 0 Å². The maximum atomic E-state index is 11.2. The van der Waals surface area contributed by atoms with Crippen LogP contribution in [0, 0.1) is 6.92 Å². The SMILES string of the molecule is Cc1ccc(SNCCc2ccc(Oc3ccccc3)cc2)cc1C(=O)O. The Kier molecular flexibility index (Phi) is 6.52. The third-order valence-corrected chi connectivity index (χ3v) is 4.89. The summed E-state index contributed by atoms with van der Waals surface area (Å²) in [6.45, 7) is 2.58. The fourth-order valence-corrected chi connectivity index (χ4v) is 3.26. The van der Waals surface area contributed by atoms with Gasteiger partial charge in [0.05, 0.1) is 5.56 Å². The summed E-state index contributed by atoms with van der Waals surface area (Å²) in [7, 11) is 0. The van der Waals surface area contributed by atoms with Gasteiger partial charge in [0, 0.05) is 11.4 Å². The van der Waals surface area contributed by atoms with Gasteiger partial charge in [-0.2, -0.15) is 0 Å². The Morgan fingerprint density at radius 3 is 2.41 bits per heavy atom. The second-order valence-corrected chi connectivity index (χ2v) is 7.05. The molecule has 0 spiro atoms. The maximum Gasteiger partial charge on any atom is 0.335 e. The summed E-state index contributed by atoms with van der Waals surface area (Å²) in [5, 5.41) is 9.19. The number of benzene rings is 3. The van der Waals surface area contributed by atoms with E-state index in [-0.39, 0.29) is 0 Å². The van der Waals surface area contributed by atoms with Crippen molar-refractivity contribution < 1.29 is 14.6 Å². The summed E-state index contributed by atoms with van der Waals surface area (Å²) in [5.41, 5.74) is 2.32. The van der Waals surface area contributed by atoms with Crippen LogP contribution in [-0.2, 0) is 6.42 Å². The van der Waals surface area contributed by atoms with E-state index in [1.54, 1.807) is 13.0 Å². The number of hydrogen-bond donors (Lipinski definition) is 2. The second kappa shape index (κ2) is 9.26. The van der Waals surface area contributed by atoms with Gasteiger partial charge in [-0.05, 0) is 72.8 Å². The zero-order valence-corrected chi connectivity index (χ0v) is 15.8. The highest BCUT2D eigenvalue weighted by Gasteiger charge is 2.08. The predicted molar refractivity (Wildman–Crippen MR) is 109 cm³/mol. The number of carboxylic acid groups (broad SMARTS) is 1. The Hall–Kier alpha value is -2.76. The quantitative estimate of drug-likeness (QED) is 0.409. The smallest absolute Gasteiger partial charge is 0.335 e. The average Bonchev–Trinajstić information content (AvgIpc) is 2.68. The van der Waals surface area contributed by atoms with Crippen molar-refractivity contribution in [2.24, 2.45) is 0 Å². The van der Waals surface area contributed by atoms with E-state index in [0.717, 1.165) is 34.9 Å². The van der Waals surface area contributed by atoms with Crippen LogP contribution in [0.1, 0.15) is 21.5 Å². The van der Waals surface area contributed by atoms with Crippen molar-refractivity contribution in [3.8, 4) is 11.5 Å². The van der Waals surface area contributed by atoms with E-state index in [4.69, 9.17) is 4.74 Å². The molecule has 0 saturated carbocycles. The molecule has 0 saturated heterocycles. The lowest BCUT2D eigenvalue weighted by molar-refractivity contribution is 0.0696. The van der Waals surface area contributed by atoms with E-state index in [0.29, 0.717) is 5.56 Å². The van der Waals surface area contributed by atoms with Crippen LogP contribution in [0.15, 0.2) is 77.7 Å². The van der Waals surface area contributed by atoms with Gasteiger partial charge >= 0.3 is 5.97 Å². The van der Waals surface area contributed by atoms with Crippen LogP contribution in [0.5, 0.6) is 11.5 Å². The molecule has 5 heteroatoms. The molecule has 0 bridgehead atoms. The Balaban J connectivity index is 1.47. The van der Waals surface area contributed by atoms with Gasteiger partial charge in [0.25, 0.3) is 0 Å². The normalized spacial score (nSPS) is 10.6. The molecule has 2 N–H and O–H groups in total. The number of carboxylic acids is 1. The Labute approximate surface area is 163 Å². The van der Waals surface area contributed by atoms with E-state index in [2.05, 4.69) is 16.9 Å². The highest BCUT2D eigenvalue weighted by Crippen LogP contribution is 2.22. The lowest BCUT2D eigenvalue weighted by atomic mass is 10.1. The van der Waals surface area contributed by atoms with Crippen molar-refractivity contribution in [1.82, 2.24) is 4.72 Å². The zero-order valence-electron chi connectivity index (χ0n) is 15.0. The van der Waals surface area contributed by atoms with E-state index in [9.17, 15) is 9.90 Å². The van der Waals surface area contributed by atoms with Crippen LogP contribution in [0.25, 0.3) is 0 Å². The van der Waals surface area contributed by atoms with Crippen molar-refractivity contribution in [1.29, 1.82) is 0 Å². The van der Waals surface area contributed by atoms with Crippen LogP contribution >= 0.6 is 11.9 Å². The standard InChI is InChI=1S/C22H21NO3S/c1-16-7-12-20(15-21(16)22(24)25)27-23-14-13-17-8-10-19(11-9-17)26-18-5-3-2-4-6-18/h2-12,15,23H,13-14H2,1H3,(H,24,25). The first-order valence-electron chi connectivity index (χ1n) is 8.67. The molecule has 0 unspecified atom stereocenters. The van der Waals surface area contributed by atoms with Gasteiger partial charge in [0.1, 0.15) is 11.5 Å². The Morgan fingerprint density at radius 1 is 1.00 bits per heavy atom. The fourth-order valence-electron chi connectivity index (χ4n) is 2.57. The Morgan fingerprint density at radius 2 is 1.70 bits per heavy atom. The van der Waals surface area contributed by atoms with Crippen LogP contribution in [0.2, 0.25) is 0 Å². The third-order valence-electron chi connectivity index (χ3n) is 4.05. The van der Waals surface area contributed by atoms with E-state index in [1.165, 1.54) is 17.5 Å². The van der Waals surface area contributed by atoms with Crippen molar-refractivity contribution in [2.45, 2.75) is 18.2 Å². The van der Waals surface area contributed by atoms with Gasteiger partial charge in [-0.25, -0.2) is 4.79 Å². The monoisotopic (exact) mass is 379 g/mol. The van der Waals surface area contributed by atoms with Crippen molar-refractivity contribution in [2.75, 3.05) is 6.54 Å². The number of carbonyl (C=O) groups is 1. The molecule has 0 aliphatic carbocycles. The van der Waals surface area contributed by atoms with Gasteiger partial charge in [-0.15, -0.1) is 0 Å². The zero-order chi connectivity index (χ0) is 19.1. The average molecular weight is 379 g/mol. The molecule has 3 aromatic carbocycles. The molecule has 0 amide bonds. The third kappa shape index (κ3) is 5.61. The highest BCUT2D eigenvalue weighted by atomic mass is 32.2. The lowest BCUT2D eigenvalue weighted by Crippen LogP contribution is -2.08. The molecule has 0 aromatic heterocycles. The molecule has 0 radical (unpaired) electrons. The summed E-state index contributed by atoms with van der Waals surface area (Å²) in [6.07, 6.45) is 0.871. The molecule has 138 valence electrons. The van der Waals surface area contributed by atoms with Crippen molar-refractivity contribution >= 4 is 17.9 Å². The minimum atomic E-state index is -0.896. The second-order valence-electron chi connectivity index (χ2n) is 6.09. The molecule has 0 heterocycles. The molecule has 0 aliphatic rings. The summed E-state index contributed by atoms with van der Waals surface area (Å²) >= 11 is 1.45. The maximum absolute atomic E-state index is 11.2. The summed E-state index contributed by atoms with van der Waals surface area (Å²) in [5.74, 6) is 0.739. The molecule has 4 nitrogen and oxygen atoms in total. The fraction of sp³-hybridized carbons (Fsp3) is 0.136. The summed E-state index contributed by atoms with van der Waals surface area (Å²) in [4.78, 5) is 12.1. The molecule has 0 aliphatic heterocycles. The molecule has 3 rings (SSSR count). The summed E-state index contributed by atoms with van der Waals surface area (Å²) in [6, 6.07) is 23.2. The Bertz CT molecular complexity index is 895. The number of nitrogens with one attached hydrogen (secondary N) is 1. The molecule has 27 heavy (non-hydrogen) atoms. The number of aromatic carboxylic acids is 1. The van der Waals surface area contributed by atoms with Crippen LogP contribution in [-0.4, -0.2) is 17.6 Å². The van der Waals surface area contributed by atoms with Gasteiger partial charge in [0.15, 0.2) is 0 Å². The van der Waals surface area contributed by atoms with E-state index < -0.39 is 5.97 Å². The number of rotatable bonds is 8. The molecular weight excluding hydrogens is 358 g/mol. The number of para-hydroxylation sites is 1. The van der Waals surface area contributed by atoms with Gasteiger partial charge < -0.3 is 9.84 Å². The molecule has 3 aromatic rings. The van der Waals surface area contributed by atoms with Crippen molar-refractivity contribution in [3.63, 3.8) is 0 Å². The largest absolute Gasteiger partial charge is 0.478 e. The van der Waals surface area contributed by atoms with Gasteiger partial charge in [-0.3, -0.25) is 4.72 Å². The van der Waals surface area contributed by atoms with E-state index >= 15 is 0 Å². The molecule has 0 fully saturated rings. The van der Waals surface area contributed by atoms with Crippen molar-refractivity contribution in [3.05, 3.63) is 89.5 Å². The highest BCUT2D eigenvalue weighted by molar-refractivity contribution is 7.97. The van der Waals surface area contributed by atoms with Crippen LogP contribution < -0.4 is 9.46 Å². The number of ether oxygens (including phenoxy) is 1. The topological polar surface area (TPSA) is 58.6 Å². The molecule has 0 atom stereocenters. The first-order valence-corrected chi connectivity index (χ1v) is 9.49. The number of aryl methyl sites for hydroxylation is 1. The van der Waals surface area contributed by atoms with Crippen LogP contribution in [0.3, 0.4) is 0 Å². The molecular formula is C22H21NO3S. The first kappa shape index (κ1) is 19.0. The first-order chi connectivity index (χ1) is 13.1. The minimum Gasteiger partial charge on any atom is -0.478 e. The minimum absolute atomic E-state index is 0.343. The summed E-state index contributed by atoms with van der Waals surface area (Å²) < 4.78 is 9.07. The van der Waals surface area contributed by atoms with Gasteiger partial charge in [-0.1, -0.05) is 36.4 Å². The number of hydrogen-bond acceptors (Lipinski definition) is 4. The van der Waals surface area contributed by atoms with Gasteiger partial charge in [0.2, 0.25) is 0 Å². The lowest BCUT2D eigenvalue weighted by Gasteiger charge is -2.08. The predicted octanol–water partition coefficient (Wildman–Crippen LogP) is 5.32.